The van der Waals surface area contributed by atoms with Crippen LogP contribution in [0.1, 0.15) is 25.1 Å². The van der Waals surface area contributed by atoms with Gasteiger partial charge in [-0.05, 0) is 38.1 Å². The summed E-state index contributed by atoms with van der Waals surface area (Å²) in [5.74, 6) is -0.252. The second kappa shape index (κ2) is 8.88. The fourth-order valence-electron chi connectivity index (χ4n) is 2.65. The Balaban J connectivity index is 2.14. The molecule has 0 bridgehead atoms. The van der Waals surface area contributed by atoms with E-state index in [0.717, 1.165) is 0 Å². The Labute approximate surface area is 184 Å². The molecule has 0 radical (unpaired) electrons. The zero-order valence-electron chi connectivity index (χ0n) is 17.0. The molecule has 160 valence electrons. The highest BCUT2D eigenvalue weighted by Crippen LogP contribution is 2.32. The Morgan fingerprint density at radius 1 is 1.23 bits per heavy atom. The highest BCUT2D eigenvalue weighted by molar-refractivity contribution is 7.91. The third-order valence-corrected chi connectivity index (χ3v) is 6.92. The van der Waals surface area contributed by atoms with Gasteiger partial charge in [0.05, 0.1) is 33.0 Å². The molecule has 2 aromatic heterocycles. The van der Waals surface area contributed by atoms with Gasteiger partial charge in [0, 0.05) is 24.9 Å². The lowest BCUT2D eigenvalue weighted by Gasteiger charge is -2.12. The Morgan fingerprint density at radius 3 is 2.61 bits per heavy atom. The molecule has 0 saturated heterocycles. The van der Waals surface area contributed by atoms with Crippen LogP contribution < -0.4 is 10.3 Å². The number of nitrogens with zero attached hydrogens (tertiary/aromatic N) is 4. The van der Waals surface area contributed by atoms with Crippen LogP contribution in [0, 0.1) is 11.3 Å². The fourth-order valence-corrected chi connectivity index (χ4v) is 3.76. The molecule has 0 spiro atoms. The van der Waals surface area contributed by atoms with Gasteiger partial charge >= 0.3 is 6.01 Å². The number of ether oxygens (including phenoxy) is 1. The van der Waals surface area contributed by atoms with Crippen molar-refractivity contribution in [2.75, 3.05) is 0 Å². The maximum absolute atomic E-state index is 12.5. The zero-order chi connectivity index (χ0) is 22.8. The van der Waals surface area contributed by atoms with Gasteiger partial charge in [-0.1, -0.05) is 17.7 Å². The zero-order valence-corrected chi connectivity index (χ0v) is 18.6. The van der Waals surface area contributed by atoms with Crippen molar-refractivity contribution >= 4 is 21.4 Å². The standard InChI is InChI=1S/C21H19ClN4O4S/c1-13(2)31(28,29)12-16-9-18(15-7-8-19(27)26(3)11-15)25-21(24-16)30-20-14(10-23)5-4-6-17(20)22/h4-9,11,13H,12H2,1-3H3. The van der Waals surface area contributed by atoms with E-state index in [0.29, 0.717) is 11.3 Å². The van der Waals surface area contributed by atoms with E-state index in [9.17, 15) is 18.5 Å². The smallest absolute Gasteiger partial charge is 0.322 e. The predicted molar refractivity (Wildman–Crippen MR) is 117 cm³/mol. The van der Waals surface area contributed by atoms with Crippen molar-refractivity contribution in [2.45, 2.75) is 24.9 Å². The van der Waals surface area contributed by atoms with Gasteiger partial charge in [-0.25, -0.2) is 8.42 Å². The molecule has 0 atom stereocenters. The number of pyridine rings is 1. The third kappa shape index (κ3) is 5.10. The summed E-state index contributed by atoms with van der Waals surface area (Å²) in [5, 5.41) is 8.93. The maximum Gasteiger partial charge on any atom is 0.322 e. The van der Waals surface area contributed by atoms with E-state index in [1.54, 1.807) is 45.3 Å². The summed E-state index contributed by atoms with van der Waals surface area (Å²) in [6.07, 6.45) is 1.57. The third-order valence-electron chi connectivity index (χ3n) is 4.49. The molecule has 0 unspecified atom stereocenters. The average Bonchev–Trinajstić information content (AvgIpc) is 2.71. The maximum atomic E-state index is 12.5. The number of halogens is 1. The van der Waals surface area contributed by atoms with Gasteiger partial charge in [0.2, 0.25) is 5.56 Å². The number of benzene rings is 1. The fraction of sp³-hybridized carbons (Fsp3) is 0.238. The van der Waals surface area contributed by atoms with Crippen LogP contribution in [0.25, 0.3) is 11.3 Å². The van der Waals surface area contributed by atoms with E-state index >= 15 is 0 Å². The van der Waals surface area contributed by atoms with Crippen LogP contribution in [-0.2, 0) is 22.6 Å². The summed E-state index contributed by atoms with van der Waals surface area (Å²) in [7, 11) is -1.86. The molecule has 0 saturated carbocycles. The minimum Gasteiger partial charge on any atom is -0.421 e. The van der Waals surface area contributed by atoms with E-state index in [-0.39, 0.29) is 39.4 Å². The van der Waals surface area contributed by atoms with Gasteiger partial charge in [0.1, 0.15) is 6.07 Å². The number of para-hydroxylation sites is 1. The van der Waals surface area contributed by atoms with Crippen molar-refractivity contribution in [2.24, 2.45) is 7.05 Å². The number of sulfone groups is 1. The summed E-state index contributed by atoms with van der Waals surface area (Å²) in [5.41, 5.74) is 1.12. The van der Waals surface area contributed by atoms with E-state index < -0.39 is 15.1 Å². The van der Waals surface area contributed by atoms with Crippen molar-refractivity contribution in [3.8, 4) is 29.1 Å². The van der Waals surface area contributed by atoms with Crippen LogP contribution in [0.5, 0.6) is 11.8 Å². The molecule has 3 aromatic rings. The largest absolute Gasteiger partial charge is 0.421 e. The lowest BCUT2D eigenvalue weighted by molar-refractivity contribution is 0.439. The summed E-state index contributed by atoms with van der Waals surface area (Å²) in [6.45, 7) is 3.18. The summed E-state index contributed by atoms with van der Waals surface area (Å²) < 4.78 is 32.0. The number of nitriles is 1. The minimum absolute atomic E-state index is 0.0712. The molecule has 8 nitrogen and oxygen atoms in total. The van der Waals surface area contributed by atoms with Gasteiger partial charge in [0.15, 0.2) is 15.6 Å². The predicted octanol–water partition coefficient (Wildman–Crippen LogP) is 3.48. The lowest BCUT2D eigenvalue weighted by Crippen LogP contribution is -2.17. The first-order valence-corrected chi connectivity index (χ1v) is 11.3. The van der Waals surface area contributed by atoms with Gasteiger partial charge < -0.3 is 9.30 Å². The van der Waals surface area contributed by atoms with Gasteiger partial charge in [0.25, 0.3) is 0 Å². The molecule has 0 N–H and O–H groups in total. The van der Waals surface area contributed by atoms with Crippen molar-refractivity contribution in [3.05, 3.63) is 69.2 Å². The Kier molecular flexibility index (Phi) is 6.43. The van der Waals surface area contributed by atoms with Gasteiger partial charge in [-0.15, -0.1) is 0 Å². The average molecular weight is 459 g/mol. The first kappa shape index (κ1) is 22.5. The first-order chi connectivity index (χ1) is 14.6. The number of aryl methyl sites for hydroxylation is 1. The molecule has 0 aliphatic heterocycles. The second-order valence-electron chi connectivity index (χ2n) is 7.08. The van der Waals surface area contributed by atoms with Crippen molar-refractivity contribution in [1.29, 1.82) is 5.26 Å². The number of hydrogen-bond acceptors (Lipinski definition) is 7. The van der Waals surface area contributed by atoms with E-state index in [4.69, 9.17) is 16.3 Å². The number of aromatic nitrogens is 3. The molecule has 0 aliphatic rings. The van der Waals surface area contributed by atoms with E-state index in [1.165, 1.54) is 22.8 Å². The van der Waals surface area contributed by atoms with Gasteiger partial charge in [-0.2, -0.15) is 15.2 Å². The lowest BCUT2D eigenvalue weighted by atomic mass is 10.2. The highest BCUT2D eigenvalue weighted by atomic mass is 35.5. The molecule has 10 heteroatoms. The SMILES string of the molecule is CC(C)S(=O)(=O)Cc1cc(-c2ccc(=O)n(C)c2)nc(Oc2c(Cl)cccc2C#N)n1. The summed E-state index contributed by atoms with van der Waals surface area (Å²) in [6, 6.07) is 11.0. The van der Waals surface area contributed by atoms with Crippen LogP contribution >= 0.6 is 11.6 Å². The van der Waals surface area contributed by atoms with Crippen LogP contribution in [0.2, 0.25) is 5.02 Å². The molecular weight excluding hydrogens is 440 g/mol. The number of rotatable bonds is 6. The molecule has 0 fully saturated rings. The van der Waals surface area contributed by atoms with E-state index in [2.05, 4.69) is 9.97 Å². The summed E-state index contributed by atoms with van der Waals surface area (Å²) in [4.78, 5) is 20.3. The van der Waals surface area contributed by atoms with Crippen LogP contribution in [0.15, 0.2) is 47.4 Å². The monoisotopic (exact) mass is 458 g/mol. The van der Waals surface area contributed by atoms with Crippen molar-refractivity contribution in [1.82, 2.24) is 14.5 Å². The van der Waals surface area contributed by atoms with E-state index in [1.807, 2.05) is 6.07 Å². The molecular formula is C21H19ClN4O4S. The molecule has 3 rings (SSSR count). The van der Waals surface area contributed by atoms with Crippen molar-refractivity contribution in [3.63, 3.8) is 0 Å². The normalized spacial score (nSPS) is 11.4. The molecule has 1 aromatic carbocycles. The number of hydrogen-bond donors (Lipinski definition) is 0. The highest BCUT2D eigenvalue weighted by Gasteiger charge is 2.20. The Hall–Kier alpha value is -3.22. The Morgan fingerprint density at radius 2 is 1.97 bits per heavy atom. The second-order valence-corrected chi connectivity index (χ2v) is 10.0. The quantitative estimate of drug-likeness (QED) is 0.555. The first-order valence-electron chi connectivity index (χ1n) is 9.24. The topological polar surface area (TPSA) is 115 Å². The molecule has 0 aliphatic carbocycles. The minimum atomic E-state index is -3.46. The molecule has 31 heavy (non-hydrogen) atoms. The summed E-state index contributed by atoms with van der Waals surface area (Å²) >= 11 is 6.18. The Bertz CT molecular complexity index is 1340. The van der Waals surface area contributed by atoms with Gasteiger partial charge in [-0.3, -0.25) is 4.79 Å². The van der Waals surface area contributed by atoms with Crippen LogP contribution in [0.3, 0.4) is 0 Å². The van der Waals surface area contributed by atoms with Crippen LogP contribution in [0.4, 0.5) is 0 Å². The van der Waals surface area contributed by atoms with Crippen molar-refractivity contribution < 1.29 is 13.2 Å². The molecule has 0 amide bonds. The van der Waals surface area contributed by atoms with Crippen LogP contribution in [-0.4, -0.2) is 28.2 Å². The molecule has 2 heterocycles.